The number of aliphatic hydroxyl groups is 1. The number of fused-ring (bicyclic) bond motifs is 1. The van der Waals surface area contributed by atoms with Gasteiger partial charge in [0, 0.05) is 11.9 Å². The van der Waals surface area contributed by atoms with Crippen molar-refractivity contribution in [1.82, 2.24) is 14.5 Å². The number of anilines is 2. The Morgan fingerprint density at radius 3 is 2.29 bits per heavy atom. The number of aromatic nitrogens is 3. The van der Waals surface area contributed by atoms with Crippen molar-refractivity contribution < 1.29 is 9.84 Å². The molecule has 4 aromatic rings. The molecule has 0 aliphatic rings. The molecule has 2 aromatic heterocycles. The molecule has 0 atom stereocenters. The van der Waals surface area contributed by atoms with Crippen LogP contribution in [0.25, 0.3) is 11.0 Å². The molecule has 152 valence electrons. The largest absolute Gasteiger partial charge is 0.438 e. The van der Waals surface area contributed by atoms with Crippen molar-refractivity contribution in [3.8, 4) is 23.8 Å². The Morgan fingerprint density at radius 2 is 1.68 bits per heavy atom. The highest BCUT2D eigenvalue weighted by atomic mass is 16.5. The number of aryl methyl sites for hydroxylation is 2. The van der Waals surface area contributed by atoms with E-state index in [9.17, 15) is 10.4 Å². The van der Waals surface area contributed by atoms with Crippen molar-refractivity contribution in [2.45, 2.75) is 20.6 Å². The van der Waals surface area contributed by atoms with Crippen LogP contribution in [-0.4, -0.2) is 19.6 Å². The van der Waals surface area contributed by atoms with Gasteiger partial charge in [0.15, 0.2) is 5.65 Å². The van der Waals surface area contributed by atoms with E-state index in [1.807, 2.05) is 13.8 Å². The second-order valence-electron chi connectivity index (χ2n) is 6.98. The van der Waals surface area contributed by atoms with E-state index in [1.165, 1.54) is 0 Å². The fraction of sp³-hybridized carbons (Fsp3) is 0.130. The van der Waals surface area contributed by atoms with Crippen LogP contribution < -0.4 is 10.1 Å². The Labute approximate surface area is 178 Å². The number of hydrogen-bond acceptors (Lipinski definition) is 7. The third-order valence-corrected chi connectivity index (χ3v) is 4.79. The van der Waals surface area contributed by atoms with Crippen LogP contribution in [0, 0.1) is 36.5 Å². The van der Waals surface area contributed by atoms with Crippen LogP contribution in [-0.2, 0) is 6.73 Å². The maximum absolute atomic E-state index is 9.67. The van der Waals surface area contributed by atoms with Gasteiger partial charge in [-0.05, 0) is 67.4 Å². The van der Waals surface area contributed by atoms with Gasteiger partial charge < -0.3 is 19.7 Å². The van der Waals surface area contributed by atoms with Gasteiger partial charge in [0.05, 0.1) is 28.7 Å². The number of ether oxygens (including phenoxy) is 1. The van der Waals surface area contributed by atoms with Gasteiger partial charge in [-0.15, -0.1) is 0 Å². The summed E-state index contributed by atoms with van der Waals surface area (Å²) in [7, 11) is 0. The summed E-state index contributed by atoms with van der Waals surface area (Å²) in [6.45, 7) is 3.50. The third-order valence-electron chi connectivity index (χ3n) is 4.79. The normalized spacial score (nSPS) is 10.5. The number of hydrogen-bond donors (Lipinski definition) is 2. The summed E-state index contributed by atoms with van der Waals surface area (Å²) in [6.07, 6.45) is 1.70. The average molecular weight is 410 g/mol. The Hall–Kier alpha value is -4.40. The Balaban J connectivity index is 1.78. The molecule has 0 amide bonds. The number of rotatable bonds is 5. The van der Waals surface area contributed by atoms with Gasteiger partial charge in [0.2, 0.25) is 11.8 Å². The summed E-state index contributed by atoms with van der Waals surface area (Å²) in [5, 5.41) is 31.6. The van der Waals surface area contributed by atoms with Gasteiger partial charge >= 0.3 is 0 Å². The minimum absolute atomic E-state index is 0.245. The molecule has 0 saturated heterocycles. The minimum Gasteiger partial charge on any atom is -0.438 e. The first-order valence-electron chi connectivity index (χ1n) is 9.46. The molecule has 0 saturated carbocycles. The van der Waals surface area contributed by atoms with Crippen LogP contribution in [0.2, 0.25) is 0 Å². The summed E-state index contributed by atoms with van der Waals surface area (Å²) in [4.78, 5) is 9.05. The molecule has 2 N–H and O–H groups in total. The zero-order valence-electron chi connectivity index (χ0n) is 16.9. The summed E-state index contributed by atoms with van der Waals surface area (Å²) < 4.78 is 7.76. The van der Waals surface area contributed by atoms with Gasteiger partial charge in [-0.2, -0.15) is 20.5 Å². The summed E-state index contributed by atoms with van der Waals surface area (Å²) in [5.74, 6) is 1.22. The van der Waals surface area contributed by atoms with Crippen molar-refractivity contribution in [3.63, 3.8) is 0 Å². The topological polar surface area (TPSA) is 120 Å². The number of nitrogens with one attached hydrogen (secondary N) is 1. The fourth-order valence-electron chi connectivity index (χ4n) is 3.31. The predicted molar refractivity (Wildman–Crippen MR) is 115 cm³/mol. The zero-order chi connectivity index (χ0) is 22.0. The maximum atomic E-state index is 9.67. The van der Waals surface area contributed by atoms with E-state index in [-0.39, 0.29) is 12.7 Å². The highest BCUT2D eigenvalue weighted by Crippen LogP contribution is 2.34. The van der Waals surface area contributed by atoms with Crippen LogP contribution in [0.15, 0.2) is 48.7 Å². The molecule has 0 bridgehead atoms. The van der Waals surface area contributed by atoms with Gasteiger partial charge in [-0.3, -0.25) is 0 Å². The van der Waals surface area contributed by atoms with Gasteiger partial charge in [0.1, 0.15) is 12.5 Å². The van der Waals surface area contributed by atoms with Crippen molar-refractivity contribution >= 4 is 22.7 Å². The van der Waals surface area contributed by atoms with Crippen molar-refractivity contribution in [3.05, 3.63) is 70.9 Å². The molecule has 8 nitrogen and oxygen atoms in total. The maximum Gasteiger partial charge on any atom is 0.233 e. The summed E-state index contributed by atoms with van der Waals surface area (Å²) >= 11 is 0. The first kappa shape index (κ1) is 19.9. The molecule has 31 heavy (non-hydrogen) atoms. The molecule has 0 fully saturated rings. The quantitative estimate of drug-likeness (QED) is 0.504. The molecule has 0 spiro atoms. The van der Waals surface area contributed by atoms with E-state index >= 15 is 0 Å². The van der Waals surface area contributed by atoms with E-state index in [4.69, 9.17) is 10.00 Å². The molecule has 2 aromatic carbocycles. The van der Waals surface area contributed by atoms with Crippen LogP contribution in [0.4, 0.5) is 11.6 Å². The molecular weight excluding hydrogens is 392 g/mol. The molecule has 0 aliphatic carbocycles. The Morgan fingerprint density at radius 1 is 1.00 bits per heavy atom. The van der Waals surface area contributed by atoms with Crippen LogP contribution in [0.1, 0.15) is 22.3 Å². The molecule has 0 unspecified atom stereocenters. The lowest BCUT2D eigenvalue weighted by atomic mass is 10.1. The number of nitriles is 2. The average Bonchev–Trinajstić information content (AvgIpc) is 3.19. The lowest BCUT2D eigenvalue weighted by molar-refractivity contribution is 0.215. The molecule has 0 radical (unpaired) electrons. The molecule has 2 heterocycles. The summed E-state index contributed by atoms with van der Waals surface area (Å²) in [5.41, 5.74) is 3.94. The third kappa shape index (κ3) is 3.88. The zero-order valence-corrected chi connectivity index (χ0v) is 16.9. The minimum atomic E-state index is -0.245. The molecule has 4 rings (SSSR count). The van der Waals surface area contributed by atoms with Crippen molar-refractivity contribution in [1.29, 1.82) is 10.5 Å². The molecule has 0 aliphatic heterocycles. The van der Waals surface area contributed by atoms with Gasteiger partial charge in [-0.25, -0.2) is 0 Å². The second kappa shape index (κ2) is 8.15. The van der Waals surface area contributed by atoms with Gasteiger partial charge in [0.25, 0.3) is 0 Å². The van der Waals surface area contributed by atoms with E-state index < -0.39 is 0 Å². The SMILES string of the molecule is Cc1cc(C#N)cc(C)c1Oc1nc(Nc2ccc(C#N)cc2)nc2c1ccn2CO. The monoisotopic (exact) mass is 410 g/mol. The molecule has 8 heteroatoms. The van der Waals surface area contributed by atoms with E-state index in [1.54, 1.807) is 53.2 Å². The van der Waals surface area contributed by atoms with E-state index in [2.05, 4.69) is 27.4 Å². The van der Waals surface area contributed by atoms with Crippen molar-refractivity contribution in [2.75, 3.05) is 5.32 Å². The Bertz CT molecular complexity index is 1340. The first-order chi connectivity index (χ1) is 15.0. The molecular formula is C23H18N6O2. The smallest absolute Gasteiger partial charge is 0.233 e. The predicted octanol–water partition coefficient (Wildman–Crippen LogP) is 4.28. The van der Waals surface area contributed by atoms with Crippen LogP contribution >= 0.6 is 0 Å². The highest BCUT2D eigenvalue weighted by molar-refractivity contribution is 5.83. The van der Waals surface area contributed by atoms with Crippen molar-refractivity contribution in [2.24, 2.45) is 0 Å². The number of benzene rings is 2. The standard InChI is InChI=1S/C23H18N6O2/c1-14-9-17(12-25)10-15(2)20(14)31-22-19-7-8-29(13-30)21(19)27-23(28-22)26-18-5-3-16(11-24)4-6-18/h3-10,30H,13H2,1-2H3,(H,26,27,28). The summed E-state index contributed by atoms with van der Waals surface area (Å²) in [6, 6.07) is 16.4. The number of aliphatic hydroxyl groups excluding tert-OH is 1. The highest BCUT2D eigenvalue weighted by Gasteiger charge is 2.16. The lowest BCUT2D eigenvalue weighted by Crippen LogP contribution is -2.03. The Kier molecular flexibility index (Phi) is 5.23. The first-order valence-corrected chi connectivity index (χ1v) is 9.46. The fourth-order valence-corrected chi connectivity index (χ4v) is 3.31. The number of nitrogens with zero attached hydrogens (tertiary/aromatic N) is 5. The van der Waals surface area contributed by atoms with E-state index in [0.717, 1.165) is 11.1 Å². The van der Waals surface area contributed by atoms with Crippen LogP contribution in [0.3, 0.4) is 0 Å². The van der Waals surface area contributed by atoms with Crippen LogP contribution in [0.5, 0.6) is 11.6 Å². The van der Waals surface area contributed by atoms with Gasteiger partial charge in [-0.1, -0.05) is 0 Å². The lowest BCUT2D eigenvalue weighted by Gasteiger charge is -2.14. The second-order valence-corrected chi connectivity index (χ2v) is 6.98. The van der Waals surface area contributed by atoms with E-state index in [0.29, 0.717) is 39.5 Å².